The van der Waals surface area contributed by atoms with Crippen molar-refractivity contribution in [3.8, 4) is 0 Å². The molecule has 0 rings (SSSR count). The van der Waals surface area contributed by atoms with E-state index in [-0.39, 0.29) is 4.77 Å². The Morgan fingerprint density at radius 3 is 1.60 bits per heavy atom. The van der Waals surface area contributed by atoms with Crippen LogP contribution in [0.5, 0.6) is 0 Å². The van der Waals surface area contributed by atoms with Crippen molar-refractivity contribution >= 4 is 19.4 Å². The van der Waals surface area contributed by atoms with Crippen molar-refractivity contribution < 1.29 is 0 Å². The summed E-state index contributed by atoms with van der Waals surface area (Å²) in [6, 6.07) is 0. The zero-order chi connectivity index (χ0) is 4.50. The van der Waals surface area contributed by atoms with E-state index in [1.165, 1.54) is 0 Å². The zero-order valence-corrected chi connectivity index (χ0v) is 4.63. The second-order valence-electron chi connectivity index (χ2n) is 2.07. The minimum absolute atomic E-state index is 0.0278. The zero-order valence-electron chi connectivity index (χ0n) is 3.88. The van der Waals surface area contributed by atoms with Crippen LogP contribution in [-0.4, -0.2) is 12.6 Å². The fraction of sp³-hybridized carbons (Fsp3) is 1.00. The van der Waals surface area contributed by atoms with Gasteiger partial charge in [0.15, 0.2) is 0 Å². The van der Waals surface area contributed by atoms with Crippen LogP contribution in [-0.2, 0) is 0 Å². The van der Waals surface area contributed by atoms with Crippen LogP contribution in [0.4, 0.5) is 0 Å². The Bertz CT molecular complexity index is 22.4. The van der Waals surface area contributed by atoms with E-state index in [2.05, 4.69) is 0 Å². The maximum absolute atomic E-state index is 5.53. The highest BCUT2D eigenvalue weighted by atomic mass is 35.5. The third-order valence-corrected chi connectivity index (χ3v) is 0. The molecule has 0 aromatic carbocycles. The van der Waals surface area contributed by atoms with Gasteiger partial charge in [-0.05, 0) is 0 Å². The van der Waals surface area contributed by atoms with E-state index < -0.39 is 0 Å². The first-order valence-corrected chi connectivity index (χ1v) is 2.07. The summed E-state index contributed by atoms with van der Waals surface area (Å²) in [6.45, 7) is 3.91. The van der Waals surface area contributed by atoms with Gasteiger partial charge < -0.3 is 0 Å². The van der Waals surface area contributed by atoms with Crippen LogP contribution in [0.3, 0.4) is 0 Å². The molecule has 5 heavy (non-hydrogen) atoms. The van der Waals surface area contributed by atoms with Crippen LogP contribution in [0.1, 0.15) is 13.8 Å². The molecule has 0 aliphatic heterocycles. The van der Waals surface area contributed by atoms with Gasteiger partial charge in [-0.2, -0.15) is 0 Å². The van der Waals surface area contributed by atoms with Crippen molar-refractivity contribution in [3.05, 3.63) is 0 Å². The lowest BCUT2D eigenvalue weighted by Gasteiger charge is -2.01. The molecule has 0 saturated heterocycles. The van der Waals surface area contributed by atoms with Crippen LogP contribution in [0.25, 0.3) is 0 Å². The molecular formula is C3H8BCl. The summed E-state index contributed by atoms with van der Waals surface area (Å²) in [5.41, 5.74) is 0. The van der Waals surface area contributed by atoms with Crippen molar-refractivity contribution in [2.24, 2.45) is 0 Å². The SMILES string of the molecule is BC(C)(C)Cl. The van der Waals surface area contributed by atoms with Crippen molar-refractivity contribution in [1.29, 1.82) is 0 Å². The third-order valence-electron chi connectivity index (χ3n) is 0. The van der Waals surface area contributed by atoms with E-state index >= 15 is 0 Å². The average molecular weight is 90.4 g/mol. The Morgan fingerprint density at radius 1 is 1.60 bits per heavy atom. The molecule has 0 aliphatic carbocycles. The highest BCUT2D eigenvalue weighted by Crippen LogP contribution is 2.03. The molecule has 0 atom stereocenters. The maximum Gasteiger partial charge on any atom is 0.128 e. The highest BCUT2D eigenvalue weighted by molar-refractivity contribution is 6.43. The van der Waals surface area contributed by atoms with Crippen LogP contribution in [0.2, 0.25) is 0 Å². The van der Waals surface area contributed by atoms with Crippen molar-refractivity contribution in [1.82, 2.24) is 0 Å². The summed E-state index contributed by atoms with van der Waals surface area (Å²) >= 11 is 5.53. The summed E-state index contributed by atoms with van der Waals surface area (Å²) in [5, 5.41) is 0. The Balaban J connectivity index is 3.02. The van der Waals surface area contributed by atoms with Gasteiger partial charge in [-0.3, -0.25) is 0 Å². The summed E-state index contributed by atoms with van der Waals surface area (Å²) in [4.78, 5) is 0. The molecule has 0 amide bonds. The summed E-state index contributed by atoms with van der Waals surface area (Å²) in [7, 11) is 1.95. The van der Waals surface area contributed by atoms with Gasteiger partial charge in [-0.1, -0.05) is 13.8 Å². The molecule has 0 spiro atoms. The van der Waals surface area contributed by atoms with Gasteiger partial charge in [0.25, 0.3) is 0 Å². The van der Waals surface area contributed by atoms with Gasteiger partial charge in [-0.15, -0.1) is 11.6 Å². The highest BCUT2D eigenvalue weighted by Gasteiger charge is 1.99. The van der Waals surface area contributed by atoms with Gasteiger partial charge in [0.1, 0.15) is 7.85 Å². The van der Waals surface area contributed by atoms with Gasteiger partial charge in [0.2, 0.25) is 0 Å². The second-order valence-corrected chi connectivity index (χ2v) is 3.20. The molecule has 0 N–H and O–H groups in total. The summed E-state index contributed by atoms with van der Waals surface area (Å²) in [6.07, 6.45) is 0. The van der Waals surface area contributed by atoms with Crippen LogP contribution < -0.4 is 0 Å². The first-order valence-electron chi connectivity index (χ1n) is 1.69. The number of hydrogen-bond donors (Lipinski definition) is 0. The number of halogens is 1. The van der Waals surface area contributed by atoms with E-state index in [1.807, 2.05) is 21.7 Å². The van der Waals surface area contributed by atoms with E-state index in [4.69, 9.17) is 11.6 Å². The monoisotopic (exact) mass is 90.0 g/mol. The molecule has 0 heterocycles. The van der Waals surface area contributed by atoms with Crippen molar-refractivity contribution in [2.45, 2.75) is 18.6 Å². The van der Waals surface area contributed by atoms with Crippen LogP contribution in [0, 0.1) is 0 Å². The Labute approximate surface area is 38.9 Å². The van der Waals surface area contributed by atoms with E-state index in [9.17, 15) is 0 Å². The van der Waals surface area contributed by atoms with Crippen molar-refractivity contribution in [2.75, 3.05) is 0 Å². The van der Waals surface area contributed by atoms with E-state index in [0.717, 1.165) is 0 Å². The Morgan fingerprint density at radius 2 is 1.60 bits per heavy atom. The molecule has 0 saturated carbocycles. The first-order chi connectivity index (χ1) is 2.00. The largest absolute Gasteiger partial charge is 0.130 e. The fourth-order valence-electron chi connectivity index (χ4n) is 0. The number of alkyl halides is 1. The fourth-order valence-corrected chi connectivity index (χ4v) is 0. The maximum atomic E-state index is 5.53. The molecule has 0 unspecified atom stereocenters. The summed E-state index contributed by atoms with van der Waals surface area (Å²) < 4.78 is -0.0278. The molecule has 0 nitrogen and oxygen atoms in total. The third kappa shape index (κ3) is 192. The number of rotatable bonds is 0. The lowest BCUT2D eigenvalue weighted by molar-refractivity contribution is 0.993. The van der Waals surface area contributed by atoms with E-state index in [1.54, 1.807) is 0 Å². The predicted molar refractivity (Wildman–Crippen MR) is 28.5 cm³/mol. The quantitative estimate of drug-likeness (QED) is 0.302. The molecule has 0 radical (unpaired) electrons. The Hall–Kier alpha value is 0.355. The minimum atomic E-state index is -0.0278. The standard InChI is InChI=1S/C3H8BCl/c1-3(2,4)5/h4H2,1-2H3. The average Bonchev–Trinajstić information content (AvgIpc) is 0.722. The molecule has 0 fully saturated rings. The molecule has 0 aromatic rings. The summed E-state index contributed by atoms with van der Waals surface area (Å²) in [5.74, 6) is 0. The van der Waals surface area contributed by atoms with Gasteiger partial charge >= 0.3 is 0 Å². The molecule has 0 aliphatic rings. The lowest BCUT2D eigenvalue weighted by Crippen LogP contribution is -2.06. The number of hydrogen-bond acceptors (Lipinski definition) is 0. The molecular weight excluding hydrogens is 82.3 g/mol. The Kier molecular flexibility index (Phi) is 1.30. The smallest absolute Gasteiger partial charge is 0.128 e. The topological polar surface area (TPSA) is 0 Å². The minimum Gasteiger partial charge on any atom is -0.130 e. The predicted octanol–water partition coefficient (Wildman–Crippen LogP) is 0.594. The molecule has 30 valence electrons. The molecule has 0 aromatic heterocycles. The van der Waals surface area contributed by atoms with Gasteiger partial charge in [0, 0.05) is 4.77 Å². The van der Waals surface area contributed by atoms with E-state index in [0.29, 0.717) is 0 Å². The van der Waals surface area contributed by atoms with Crippen LogP contribution in [0.15, 0.2) is 0 Å². The molecule has 2 heteroatoms. The van der Waals surface area contributed by atoms with Gasteiger partial charge in [-0.25, -0.2) is 0 Å². The van der Waals surface area contributed by atoms with Crippen LogP contribution >= 0.6 is 11.6 Å². The van der Waals surface area contributed by atoms with Crippen molar-refractivity contribution in [3.63, 3.8) is 0 Å². The lowest BCUT2D eigenvalue weighted by atomic mass is 9.91. The normalized spacial score (nSPS) is 11.8. The second kappa shape index (κ2) is 1.21. The van der Waals surface area contributed by atoms with Gasteiger partial charge in [0.05, 0.1) is 0 Å². The molecule has 0 bridgehead atoms. The first kappa shape index (κ1) is 5.35.